The number of carbonyl (C=O) groups excluding carboxylic acids is 1. The van der Waals surface area contributed by atoms with Crippen LogP contribution in [0.15, 0.2) is 91.1 Å². The summed E-state index contributed by atoms with van der Waals surface area (Å²) < 4.78 is 7.16. The van der Waals surface area contributed by atoms with Gasteiger partial charge in [0.25, 0.3) is 0 Å². The van der Waals surface area contributed by atoms with E-state index in [0.717, 1.165) is 16.7 Å². The van der Waals surface area contributed by atoms with Gasteiger partial charge in [0.05, 0.1) is 5.52 Å². The number of anilines is 1. The van der Waals surface area contributed by atoms with Gasteiger partial charge in [0.15, 0.2) is 5.75 Å². The largest absolute Gasteiger partial charge is 0.421 e. The molecule has 0 saturated heterocycles. The van der Waals surface area contributed by atoms with E-state index in [1.54, 1.807) is 23.0 Å². The molecule has 1 N–H and O–H groups in total. The van der Waals surface area contributed by atoms with Gasteiger partial charge in [0.1, 0.15) is 11.2 Å². The highest BCUT2D eigenvalue weighted by Gasteiger charge is 2.12. The normalized spacial score (nSPS) is 11.0. The molecule has 0 saturated carbocycles. The van der Waals surface area contributed by atoms with E-state index < -0.39 is 5.97 Å². The maximum absolute atomic E-state index is 12.2. The maximum atomic E-state index is 12.2. The Hall–Kier alpha value is -3.93. The standard InChI is InChI=1S/C21H16N4O2/c26-21(14-15-22-16-8-2-1-3-9-16)27-20-13-7-6-12-19(20)25-18-11-5-4-10-17(18)23-24-25/h1-15,22H/b15-14+. The predicted molar refractivity (Wildman–Crippen MR) is 104 cm³/mol. The summed E-state index contributed by atoms with van der Waals surface area (Å²) >= 11 is 0. The zero-order valence-electron chi connectivity index (χ0n) is 14.3. The maximum Gasteiger partial charge on any atom is 0.337 e. The number of hydrogen-bond acceptors (Lipinski definition) is 5. The molecule has 27 heavy (non-hydrogen) atoms. The van der Waals surface area contributed by atoms with E-state index in [9.17, 15) is 4.79 Å². The van der Waals surface area contributed by atoms with E-state index in [0.29, 0.717) is 11.4 Å². The van der Waals surface area contributed by atoms with Crippen LogP contribution in [0.5, 0.6) is 5.75 Å². The second kappa shape index (κ2) is 7.53. The van der Waals surface area contributed by atoms with Gasteiger partial charge in [-0.25, -0.2) is 9.48 Å². The van der Waals surface area contributed by atoms with Gasteiger partial charge in [-0.2, -0.15) is 0 Å². The van der Waals surface area contributed by atoms with E-state index in [1.807, 2.05) is 66.7 Å². The molecular formula is C21H16N4O2. The minimum atomic E-state index is -0.490. The Balaban J connectivity index is 1.54. The first-order valence-corrected chi connectivity index (χ1v) is 8.41. The summed E-state index contributed by atoms with van der Waals surface area (Å²) in [6.07, 6.45) is 2.88. The van der Waals surface area contributed by atoms with Crippen LogP contribution in [0.4, 0.5) is 5.69 Å². The van der Waals surface area contributed by atoms with Crippen LogP contribution in [0.3, 0.4) is 0 Å². The van der Waals surface area contributed by atoms with Crippen molar-refractivity contribution in [2.24, 2.45) is 0 Å². The van der Waals surface area contributed by atoms with Gasteiger partial charge in [-0.05, 0) is 36.4 Å². The molecule has 0 aliphatic rings. The highest BCUT2D eigenvalue weighted by Crippen LogP contribution is 2.25. The van der Waals surface area contributed by atoms with Crippen LogP contribution >= 0.6 is 0 Å². The van der Waals surface area contributed by atoms with E-state index in [-0.39, 0.29) is 0 Å². The molecule has 3 aromatic carbocycles. The Kier molecular flexibility index (Phi) is 4.61. The van der Waals surface area contributed by atoms with Crippen LogP contribution in [-0.2, 0) is 4.79 Å². The van der Waals surface area contributed by atoms with Gasteiger partial charge < -0.3 is 10.1 Å². The van der Waals surface area contributed by atoms with Crippen molar-refractivity contribution in [3.8, 4) is 11.4 Å². The van der Waals surface area contributed by atoms with Crippen LogP contribution in [0.25, 0.3) is 16.7 Å². The lowest BCUT2D eigenvalue weighted by Gasteiger charge is -2.09. The second-order valence-electron chi connectivity index (χ2n) is 5.72. The van der Waals surface area contributed by atoms with Crippen molar-refractivity contribution in [2.45, 2.75) is 0 Å². The van der Waals surface area contributed by atoms with Crippen LogP contribution in [0.2, 0.25) is 0 Å². The number of nitrogens with zero attached hydrogens (tertiary/aromatic N) is 3. The van der Waals surface area contributed by atoms with Crippen molar-refractivity contribution in [3.63, 3.8) is 0 Å². The molecule has 4 rings (SSSR count). The zero-order valence-corrected chi connectivity index (χ0v) is 14.3. The molecule has 0 aliphatic heterocycles. The van der Waals surface area contributed by atoms with Gasteiger partial charge in [-0.15, -0.1) is 5.10 Å². The zero-order chi connectivity index (χ0) is 18.5. The van der Waals surface area contributed by atoms with Crippen molar-refractivity contribution in [2.75, 3.05) is 5.32 Å². The number of esters is 1. The third-order valence-electron chi connectivity index (χ3n) is 3.90. The number of nitrogens with one attached hydrogen (secondary N) is 1. The topological polar surface area (TPSA) is 69.0 Å². The predicted octanol–water partition coefficient (Wildman–Crippen LogP) is 3.95. The molecular weight excluding hydrogens is 340 g/mol. The molecule has 0 spiro atoms. The molecule has 0 radical (unpaired) electrons. The summed E-state index contributed by atoms with van der Waals surface area (Å²) in [6.45, 7) is 0. The number of benzene rings is 3. The van der Waals surface area contributed by atoms with Crippen molar-refractivity contribution in [3.05, 3.63) is 91.1 Å². The van der Waals surface area contributed by atoms with Gasteiger partial charge in [-0.1, -0.05) is 47.7 Å². The molecule has 4 aromatic rings. The Morgan fingerprint density at radius 3 is 2.56 bits per heavy atom. The molecule has 0 aliphatic carbocycles. The summed E-state index contributed by atoms with van der Waals surface area (Å²) in [5.74, 6) is -0.0854. The van der Waals surface area contributed by atoms with Crippen LogP contribution < -0.4 is 10.1 Å². The molecule has 132 valence electrons. The minimum absolute atomic E-state index is 0.405. The molecule has 0 unspecified atom stereocenters. The van der Waals surface area contributed by atoms with E-state index in [4.69, 9.17) is 4.74 Å². The molecule has 0 fully saturated rings. The first-order chi connectivity index (χ1) is 13.3. The van der Waals surface area contributed by atoms with Gasteiger partial charge in [0.2, 0.25) is 0 Å². The van der Waals surface area contributed by atoms with Crippen LogP contribution in [-0.4, -0.2) is 21.0 Å². The van der Waals surface area contributed by atoms with Crippen LogP contribution in [0.1, 0.15) is 0 Å². The molecule has 1 heterocycles. The molecule has 6 nitrogen and oxygen atoms in total. The summed E-state index contributed by atoms with van der Waals surface area (Å²) in [6, 6.07) is 24.4. The number of para-hydroxylation sites is 4. The fraction of sp³-hybridized carbons (Fsp3) is 0. The average Bonchev–Trinajstić information content (AvgIpc) is 3.13. The van der Waals surface area contributed by atoms with Crippen molar-refractivity contribution < 1.29 is 9.53 Å². The molecule has 0 bridgehead atoms. The Labute approximate surface area is 155 Å². The summed E-state index contributed by atoms with van der Waals surface area (Å²) in [5.41, 5.74) is 3.13. The number of carbonyl (C=O) groups is 1. The lowest BCUT2D eigenvalue weighted by Crippen LogP contribution is -2.08. The smallest absolute Gasteiger partial charge is 0.337 e. The number of fused-ring (bicyclic) bond motifs is 1. The molecule has 0 atom stereocenters. The van der Waals surface area contributed by atoms with Gasteiger partial charge >= 0.3 is 5.97 Å². The minimum Gasteiger partial charge on any atom is -0.421 e. The Morgan fingerprint density at radius 1 is 0.926 bits per heavy atom. The lowest BCUT2D eigenvalue weighted by atomic mass is 10.2. The van der Waals surface area contributed by atoms with Crippen molar-refractivity contribution in [1.29, 1.82) is 0 Å². The first kappa shape index (κ1) is 16.5. The summed E-state index contributed by atoms with van der Waals surface area (Å²) in [5, 5.41) is 11.3. The lowest BCUT2D eigenvalue weighted by molar-refractivity contribution is -0.129. The van der Waals surface area contributed by atoms with Crippen molar-refractivity contribution in [1.82, 2.24) is 15.0 Å². The quantitative estimate of drug-likeness (QED) is 0.333. The first-order valence-electron chi connectivity index (χ1n) is 8.41. The van der Waals surface area contributed by atoms with Crippen molar-refractivity contribution >= 4 is 22.7 Å². The number of aromatic nitrogens is 3. The molecule has 1 aromatic heterocycles. The van der Waals surface area contributed by atoms with Gasteiger partial charge in [0, 0.05) is 18.0 Å². The average molecular weight is 356 g/mol. The summed E-state index contributed by atoms with van der Waals surface area (Å²) in [4.78, 5) is 12.2. The van der Waals surface area contributed by atoms with Gasteiger partial charge in [-0.3, -0.25) is 0 Å². The fourth-order valence-electron chi connectivity index (χ4n) is 2.65. The third-order valence-corrected chi connectivity index (χ3v) is 3.90. The Bertz CT molecular complexity index is 1100. The highest BCUT2D eigenvalue weighted by molar-refractivity contribution is 5.85. The molecule has 0 amide bonds. The fourth-order valence-corrected chi connectivity index (χ4v) is 2.65. The van der Waals surface area contributed by atoms with E-state index >= 15 is 0 Å². The van der Waals surface area contributed by atoms with E-state index in [2.05, 4.69) is 15.6 Å². The molecule has 6 heteroatoms. The second-order valence-corrected chi connectivity index (χ2v) is 5.72. The highest BCUT2D eigenvalue weighted by atomic mass is 16.5. The SMILES string of the molecule is O=C(/C=C/Nc1ccccc1)Oc1ccccc1-n1nnc2ccccc21. The summed E-state index contributed by atoms with van der Waals surface area (Å²) in [7, 11) is 0. The Morgan fingerprint density at radius 2 is 1.67 bits per heavy atom. The number of ether oxygens (including phenoxy) is 1. The number of rotatable bonds is 5. The monoisotopic (exact) mass is 356 g/mol. The van der Waals surface area contributed by atoms with E-state index in [1.165, 1.54) is 6.08 Å². The number of hydrogen-bond donors (Lipinski definition) is 1. The van der Waals surface area contributed by atoms with Crippen LogP contribution in [0, 0.1) is 0 Å². The third kappa shape index (κ3) is 3.69.